The SMILES string of the molecule is CSCC[C@H](NC(=O)[C@@H](N)CC(=O)O)C(=O)N[C@@H](CCC(N)=O)C(=O)O. The van der Waals surface area contributed by atoms with Gasteiger partial charge in [0, 0.05) is 6.42 Å². The lowest BCUT2D eigenvalue weighted by Gasteiger charge is -2.22. The van der Waals surface area contributed by atoms with Gasteiger partial charge in [-0.3, -0.25) is 19.2 Å². The van der Waals surface area contributed by atoms with Crippen molar-refractivity contribution in [2.24, 2.45) is 11.5 Å². The second-order valence-corrected chi connectivity index (χ2v) is 6.44. The first-order valence-electron chi connectivity index (χ1n) is 7.66. The van der Waals surface area contributed by atoms with E-state index in [0.29, 0.717) is 5.75 Å². The minimum atomic E-state index is -1.35. The van der Waals surface area contributed by atoms with E-state index in [1.165, 1.54) is 11.8 Å². The molecule has 0 bridgehead atoms. The molecule has 0 saturated heterocycles. The molecule has 0 aromatic rings. The number of aliphatic carboxylic acids is 2. The summed E-state index contributed by atoms with van der Waals surface area (Å²) in [5.74, 6) is -4.46. The fraction of sp³-hybridized carbons (Fsp3) is 0.643. The maximum atomic E-state index is 12.3. The van der Waals surface area contributed by atoms with Crippen molar-refractivity contribution in [1.29, 1.82) is 0 Å². The number of nitrogens with one attached hydrogen (secondary N) is 2. The van der Waals surface area contributed by atoms with Crippen molar-refractivity contribution in [3.63, 3.8) is 0 Å². The molecule has 148 valence electrons. The first kappa shape index (κ1) is 23.7. The summed E-state index contributed by atoms with van der Waals surface area (Å²) in [7, 11) is 0. The summed E-state index contributed by atoms with van der Waals surface area (Å²) in [4.78, 5) is 56.8. The zero-order valence-electron chi connectivity index (χ0n) is 14.3. The van der Waals surface area contributed by atoms with E-state index in [9.17, 15) is 24.0 Å². The van der Waals surface area contributed by atoms with Crippen LogP contribution in [0, 0.1) is 0 Å². The van der Waals surface area contributed by atoms with Gasteiger partial charge in [0.05, 0.1) is 12.5 Å². The smallest absolute Gasteiger partial charge is 0.326 e. The highest BCUT2D eigenvalue weighted by Crippen LogP contribution is 2.05. The molecule has 0 fully saturated rings. The zero-order chi connectivity index (χ0) is 20.3. The summed E-state index contributed by atoms with van der Waals surface area (Å²) >= 11 is 1.40. The van der Waals surface area contributed by atoms with Crippen molar-refractivity contribution in [2.75, 3.05) is 12.0 Å². The van der Waals surface area contributed by atoms with Crippen LogP contribution in [0.25, 0.3) is 0 Å². The Morgan fingerprint density at radius 2 is 1.58 bits per heavy atom. The van der Waals surface area contributed by atoms with E-state index in [1.807, 2.05) is 0 Å². The molecule has 0 saturated carbocycles. The Bertz CT molecular complexity index is 543. The van der Waals surface area contributed by atoms with Crippen LogP contribution in [0.5, 0.6) is 0 Å². The summed E-state index contributed by atoms with van der Waals surface area (Å²) in [6.07, 6.45) is 0.917. The third-order valence-electron chi connectivity index (χ3n) is 3.27. The van der Waals surface area contributed by atoms with E-state index in [1.54, 1.807) is 6.26 Å². The Hall–Kier alpha value is -2.34. The molecule has 3 atom stereocenters. The molecule has 0 aromatic carbocycles. The molecule has 11 nitrogen and oxygen atoms in total. The molecule has 0 unspecified atom stereocenters. The van der Waals surface area contributed by atoms with Gasteiger partial charge >= 0.3 is 11.9 Å². The topological polar surface area (TPSA) is 202 Å². The molecule has 0 radical (unpaired) electrons. The van der Waals surface area contributed by atoms with Crippen molar-refractivity contribution in [3.8, 4) is 0 Å². The number of rotatable bonds is 13. The fourth-order valence-corrected chi connectivity index (χ4v) is 2.35. The number of hydrogen-bond acceptors (Lipinski definition) is 7. The highest BCUT2D eigenvalue weighted by atomic mass is 32.2. The second kappa shape index (κ2) is 12.1. The van der Waals surface area contributed by atoms with E-state index in [-0.39, 0.29) is 19.3 Å². The summed E-state index contributed by atoms with van der Waals surface area (Å²) in [6, 6.07) is -3.79. The predicted octanol–water partition coefficient (Wildman–Crippen LogP) is -2.14. The van der Waals surface area contributed by atoms with Crippen molar-refractivity contribution in [2.45, 2.75) is 43.8 Å². The molecule has 3 amide bonds. The highest BCUT2D eigenvalue weighted by Gasteiger charge is 2.28. The quantitative estimate of drug-likeness (QED) is 0.202. The number of carbonyl (C=O) groups excluding carboxylic acids is 3. The Morgan fingerprint density at radius 3 is 2.04 bits per heavy atom. The van der Waals surface area contributed by atoms with E-state index < -0.39 is 54.2 Å². The van der Waals surface area contributed by atoms with Gasteiger partial charge in [-0.15, -0.1) is 0 Å². The maximum Gasteiger partial charge on any atom is 0.326 e. The minimum Gasteiger partial charge on any atom is -0.481 e. The van der Waals surface area contributed by atoms with Gasteiger partial charge in [0.1, 0.15) is 12.1 Å². The first-order valence-corrected chi connectivity index (χ1v) is 9.06. The summed E-state index contributed by atoms with van der Waals surface area (Å²) in [6.45, 7) is 0. The van der Waals surface area contributed by atoms with Crippen LogP contribution in [0.1, 0.15) is 25.7 Å². The van der Waals surface area contributed by atoms with Crippen LogP contribution < -0.4 is 22.1 Å². The number of nitrogens with two attached hydrogens (primary N) is 2. The molecular weight excluding hydrogens is 368 g/mol. The van der Waals surface area contributed by atoms with Crippen LogP contribution in [-0.2, 0) is 24.0 Å². The molecule has 0 aromatic heterocycles. The molecular formula is C14H24N4O7S. The Labute approximate surface area is 154 Å². The van der Waals surface area contributed by atoms with E-state index in [2.05, 4.69) is 10.6 Å². The van der Waals surface area contributed by atoms with Gasteiger partial charge in [0.2, 0.25) is 17.7 Å². The molecule has 0 aliphatic heterocycles. The largest absolute Gasteiger partial charge is 0.481 e. The first-order chi connectivity index (χ1) is 12.1. The summed E-state index contributed by atoms with van der Waals surface area (Å²) in [5, 5.41) is 22.3. The van der Waals surface area contributed by atoms with Gasteiger partial charge in [0.25, 0.3) is 0 Å². The molecule has 12 heteroatoms. The minimum absolute atomic E-state index is 0.181. The number of carboxylic acids is 2. The Balaban J connectivity index is 4.99. The summed E-state index contributed by atoms with van der Waals surface area (Å²) < 4.78 is 0. The van der Waals surface area contributed by atoms with E-state index >= 15 is 0 Å². The van der Waals surface area contributed by atoms with Crippen molar-refractivity contribution >= 4 is 41.4 Å². The molecule has 0 aliphatic rings. The van der Waals surface area contributed by atoms with Crippen molar-refractivity contribution in [1.82, 2.24) is 10.6 Å². The number of thioether (sulfide) groups is 1. The maximum absolute atomic E-state index is 12.3. The highest BCUT2D eigenvalue weighted by molar-refractivity contribution is 7.98. The number of carboxylic acid groups (broad SMARTS) is 2. The zero-order valence-corrected chi connectivity index (χ0v) is 15.1. The van der Waals surface area contributed by atoms with Crippen molar-refractivity contribution < 1.29 is 34.2 Å². The number of hydrogen-bond donors (Lipinski definition) is 6. The number of carbonyl (C=O) groups is 5. The van der Waals surface area contributed by atoms with Gasteiger partial charge in [-0.05, 0) is 24.9 Å². The van der Waals surface area contributed by atoms with Crippen LogP contribution in [0.3, 0.4) is 0 Å². The average Bonchev–Trinajstić information content (AvgIpc) is 2.53. The molecule has 0 spiro atoms. The van der Waals surface area contributed by atoms with Gasteiger partial charge in [-0.25, -0.2) is 4.79 Å². The lowest BCUT2D eigenvalue weighted by atomic mass is 10.1. The lowest BCUT2D eigenvalue weighted by Crippen LogP contribution is -2.55. The Morgan fingerprint density at radius 1 is 1.00 bits per heavy atom. The predicted molar refractivity (Wildman–Crippen MR) is 93.2 cm³/mol. The van der Waals surface area contributed by atoms with Gasteiger partial charge in [-0.2, -0.15) is 11.8 Å². The van der Waals surface area contributed by atoms with Crippen LogP contribution in [-0.4, -0.2) is 70.0 Å². The van der Waals surface area contributed by atoms with Crippen molar-refractivity contribution in [3.05, 3.63) is 0 Å². The number of amides is 3. The molecule has 8 N–H and O–H groups in total. The molecule has 0 heterocycles. The third kappa shape index (κ3) is 9.84. The van der Waals surface area contributed by atoms with Gasteiger partial charge in [-0.1, -0.05) is 0 Å². The van der Waals surface area contributed by atoms with Crippen LogP contribution in [0.2, 0.25) is 0 Å². The average molecular weight is 392 g/mol. The molecule has 26 heavy (non-hydrogen) atoms. The standard InChI is InChI=1S/C14H24N4O7S/c1-26-5-4-8(17-12(22)7(15)6-11(20)21)13(23)18-9(14(24)25)2-3-10(16)19/h7-9H,2-6,15H2,1H3,(H2,16,19)(H,17,22)(H,18,23)(H,20,21)(H,24,25)/t7-,8-,9-/m0/s1. The fourth-order valence-electron chi connectivity index (χ4n) is 1.88. The van der Waals surface area contributed by atoms with Crippen LogP contribution in [0.15, 0.2) is 0 Å². The van der Waals surface area contributed by atoms with Crippen LogP contribution in [0.4, 0.5) is 0 Å². The van der Waals surface area contributed by atoms with Crippen LogP contribution >= 0.6 is 11.8 Å². The number of primary amides is 1. The summed E-state index contributed by atoms with van der Waals surface area (Å²) in [5.41, 5.74) is 10.4. The molecule has 0 rings (SSSR count). The van der Waals surface area contributed by atoms with Gasteiger partial charge in [0.15, 0.2) is 0 Å². The Kier molecular flexibility index (Phi) is 11.0. The third-order valence-corrected chi connectivity index (χ3v) is 3.91. The lowest BCUT2D eigenvalue weighted by molar-refractivity contribution is -0.143. The van der Waals surface area contributed by atoms with Gasteiger partial charge < -0.3 is 32.3 Å². The normalized spacial score (nSPS) is 13.9. The second-order valence-electron chi connectivity index (χ2n) is 5.45. The monoisotopic (exact) mass is 392 g/mol. The van der Waals surface area contributed by atoms with E-state index in [4.69, 9.17) is 21.7 Å². The van der Waals surface area contributed by atoms with E-state index in [0.717, 1.165) is 0 Å². The molecule has 0 aliphatic carbocycles.